The zero-order valence-corrected chi connectivity index (χ0v) is 15.1. The summed E-state index contributed by atoms with van der Waals surface area (Å²) in [5.41, 5.74) is 3.65. The maximum Gasteiger partial charge on any atom is 0.193 e. The summed E-state index contributed by atoms with van der Waals surface area (Å²) in [6.07, 6.45) is 2.34. The minimum Gasteiger partial charge on any atom is -0.378 e. The van der Waals surface area contributed by atoms with Gasteiger partial charge >= 0.3 is 0 Å². The van der Waals surface area contributed by atoms with Gasteiger partial charge in [0, 0.05) is 55.2 Å². The number of ketones is 2. The molecule has 4 heteroatoms. The lowest BCUT2D eigenvalue weighted by Crippen LogP contribution is -2.19. The summed E-state index contributed by atoms with van der Waals surface area (Å²) in [6.45, 7) is 3.52. The molecule has 0 spiro atoms. The van der Waals surface area contributed by atoms with Crippen molar-refractivity contribution >= 4 is 22.9 Å². The second-order valence-electron chi connectivity index (χ2n) is 6.75. The van der Waals surface area contributed by atoms with Crippen molar-refractivity contribution in [3.63, 3.8) is 0 Å². The van der Waals surface area contributed by atoms with Gasteiger partial charge in [-0.3, -0.25) is 9.59 Å². The van der Waals surface area contributed by atoms with Gasteiger partial charge in [0.05, 0.1) is 0 Å². The van der Waals surface area contributed by atoms with Crippen LogP contribution in [0.3, 0.4) is 0 Å². The summed E-state index contributed by atoms with van der Waals surface area (Å²) in [7, 11) is 3.93. The Morgan fingerprint density at radius 3 is 2.12 bits per heavy atom. The fourth-order valence-electron chi connectivity index (χ4n) is 3.27. The van der Waals surface area contributed by atoms with E-state index in [1.807, 2.05) is 55.4 Å². The molecular weight excluding hydrogens is 312 g/mol. The third-order valence-electron chi connectivity index (χ3n) is 4.74. The van der Waals surface area contributed by atoms with Gasteiger partial charge < -0.3 is 9.80 Å². The average Bonchev–Trinajstić information content (AvgIpc) is 3.15. The van der Waals surface area contributed by atoms with Gasteiger partial charge in [-0.2, -0.15) is 0 Å². The molecule has 0 radical (unpaired) electrons. The smallest absolute Gasteiger partial charge is 0.193 e. The van der Waals surface area contributed by atoms with Gasteiger partial charge in [-0.25, -0.2) is 0 Å². The third kappa shape index (κ3) is 3.58. The maximum absolute atomic E-state index is 13.0. The largest absolute Gasteiger partial charge is 0.378 e. The van der Waals surface area contributed by atoms with Crippen LogP contribution >= 0.6 is 0 Å². The molecule has 0 bridgehead atoms. The number of carbonyl (C=O) groups excluding carboxylic acids is 2. The van der Waals surface area contributed by atoms with Crippen molar-refractivity contribution in [2.45, 2.75) is 19.8 Å². The number of rotatable bonds is 5. The lowest BCUT2D eigenvalue weighted by Gasteiger charge is -2.19. The van der Waals surface area contributed by atoms with Crippen molar-refractivity contribution in [2.24, 2.45) is 0 Å². The molecule has 0 atom stereocenters. The van der Waals surface area contributed by atoms with Gasteiger partial charge in [-0.05, 0) is 62.2 Å². The van der Waals surface area contributed by atoms with Gasteiger partial charge in [0.25, 0.3) is 0 Å². The first-order chi connectivity index (χ1) is 12.0. The molecule has 0 unspecified atom stereocenters. The number of Topliss-reactive ketones (excluding diaryl/α,β-unsaturated/α-hetero) is 1. The van der Waals surface area contributed by atoms with Gasteiger partial charge in [-0.15, -0.1) is 0 Å². The Balaban J connectivity index is 1.99. The van der Waals surface area contributed by atoms with Crippen LogP contribution in [0.2, 0.25) is 0 Å². The Labute approximate surface area is 149 Å². The normalized spacial score (nSPS) is 13.8. The summed E-state index contributed by atoms with van der Waals surface area (Å²) in [5, 5.41) is 0. The molecular formula is C21H24N2O2. The predicted octanol–water partition coefficient (Wildman–Crippen LogP) is 3.79. The lowest BCUT2D eigenvalue weighted by molar-refractivity contribution is 0.0990. The molecule has 1 saturated heterocycles. The Kier molecular flexibility index (Phi) is 4.88. The summed E-state index contributed by atoms with van der Waals surface area (Å²) < 4.78 is 0. The van der Waals surface area contributed by atoms with E-state index in [2.05, 4.69) is 4.90 Å². The highest BCUT2D eigenvalue weighted by Crippen LogP contribution is 2.26. The molecule has 1 heterocycles. The minimum atomic E-state index is -0.100. The van der Waals surface area contributed by atoms with Crippen LogP contribution in [-0.4, -0.2) is 38.8 Å². The molecule has 0 amide bonds. The first kappa shape index (κ1) is 17.2. The quantitative estimate of drug-likeness (QED) is 0.779. The molecule has 3 rings (SSSR count). The van der Waals surface area contributed by atoms with Crippen LogP contribution in [0.25, 0.3) is 0 Å². The second-order valence-corrected chi connectivity index (χ2v) is 6.75. The van der Waals surface area contributed by atoms with Crippen molar-refractivity contribution in [2.75, 3.05) is 37.0 Å². The van der Waals surface area contributed by atoms with Crippen LogP contribution in [-0.2, 0) is 0 Å². The molecule has 1 fully saturated rings. The van der Waals surface area contributed by atoms with Crippen LogP contribution in [0.5, 0.6) is 0 Å². The van der Waals surface area contributed by atoms with E-state index >= 15 is 0 Å². The topological polar surface area (TPSA) is 40.6 Å². The van der Waals surface area contributed by atoms with Crippen molar-refractivity contribution in [1.82, 2.24) is 0 Å². The Bertz CT molecular complexity index is 788. The van der Waals surface area contributed by atoms with Gasteiger partial charge in [-0.1, -0.05) is 0 Å². The average molecular weight is 336 g/mol. The highest BCUT2D eigenvalue weighted by molar-refractivity contribution is 6.15. The van der Waals surface area contributed by atoms with E-state index in [0.29, 0.717) is 16.7 Å². The molecule has 2 aromatic carbocycles. The number of benzene rings is 2. The fraction of sp³-hybridized carbons (Fsp3) is 0.333. The highest BCUT2D eigenvalue weighted by atomic mass is 16.1. The number of hydrogen-bond acceptors (Lipinski definition) is 4. The summed E-state index contributed by atoms with van der Waals surface area (Å²) >= 11 is 0. The van der Waals surface area contributed by atoms with E-state index in [9.17, 15) is 9.59 Å². The second kappa shape index (κ2) is 7.09. The number of carbonyl (C=O) groups is 2. The first-order valence-electron chi connectivity index (χ1n) is 8.69. The van der Waals surface area contributed by atoms with Crippen LogP contribution < -0.4 is 9.80 Å². The monoisotopic (exact) mass is 336 g/mol. The molecule has 1 aliphatic rings. The third-order valence-corrected chi connectivity index (χ3v) is 4.74. The van der Waals surface area contributed by atoms with E-state index in [0.717, 1.165) is 24.5 Å². The van der Waals surface area contributed by atoms with Crippen LogP contribution in [0.15, 0.2) is 42.5 Å². The highest BCUT2D eigenvalue weighted by Gasteiger charge is 2.20. The molecule has 4 nitrogen and oxygen atoms in total. The zero-order chi connectivity index (χ0) is 18.0. The van der Waals surface area contributed by atoms with Crippen molar-refractivity contribution in [1.29, 1.82) is 0 Å². The molecule has 1 aliphatic heterocycles. The fourth-order valence-corrected chi connectivity index (χ4v) is 3.27. The molecule has 25 heavy (non-hydrogen) atoms. The van der Waals surface area contributed by atoms with Gasteiger partial charge in [0.15, 0.2) is 11.6 Å². The van der Waals surface area contributed by atoms with Gasteiger partial charge in [0.2, 0.25) is 0 Å². The predicted molar refractivity (Wildman–Crippen MR) is 102 cm³/mol. The summed E-state index contributed by atoms with van der Waals surface area (Å²) in [6, 6.07) is 13.1. The SMILES string of the molecule is CC(=O)c1ccc(N2CCCC2)cc1C(=O)c1ccc(N(C)C)cc1. The molecule has 0 saturated carbocycles. The van der Waals surface area contributed by atoms with Crippen LogP contribution in [0, 0.1) is 0 Å². The maximum atomic E-state index is 13.0. The summed E-state index contributed by atoms with van der Waals surface area (Å²) in [4.78, 5) is 29.3. The molecule has 0 aromatic heterocycles. The van der Waals surface area contributed by atoms with Crippen molar-refractivity contribution in [3.8, 4) is 0 Å². The Hall–Kier alpha value is -2.62. The van der Waals surface area contributed by atoms with Gasteiger partial charge in [0.1, 0.15) is 0 Å². The lowest BCUT2D eigenvalue weighted by atomic mass is 9.95. The van der Waals surface area contributed by atoms with E-state index in [4.69, 9.17) is 0 Å². The van der Waals surface area contributed by atoms with E-state index in [1.54, 1.807) is 6.07 Å². The van der Waals surface area contributed by atoms with Crippen LogP contribution in [0.1, 0.15) is 46.0 Å². The first-order valence-corrected chi connectivity index (χ1v) is 8.69. The van der Waals surface area contributed by atoms with E-state index in [-0.39, 0.29) is 11.6 Å². The zero-order valence-electron chi connectivity index (χ0n) is 15.1. The van der Waals surface area contributed by atoms with E-state index in [1.165, 1.54) is 19.8 Å². The number of anilines is 2. The summed E-state index contributed by atoms with van der Waals surface area (Å²) in [5.74, 6) is -0.183. The standard InChI is InChI=1S/C21H24N2O2/c1-15(24)19-11-10-18(23-12-4-5-13-23)14-20(19)21(25)16-6-8-17(9-7-16)22(2)3/h6-11,14H,4-5,12-13H2,1-3H3. The van der Waals surface area contributed by atoms with E-state index < -0.39 is 0 Å². The molecule has 0 aliphatic carbocycles. The Morgan fingerprint density at radius 2 is 1.56 bits per heavy atom. The van der Waals surface area contributed by atoms with Crippen LogP contribution in [0.4, 0.5) is 11.4 Å². The minimum absolute atomic E-state index is 0.0822. The van der Waals surface area contributed by atoms with Crippen molar-refractivity contribution < 1.29 is 9.59 Å². The molecule has 2 aromatic rings. The number of hydrogen-bond donors (Lipinski definition) is 0. The van der Waals surface area contributed by atoms with Crippen molar-refractivity contribution in [3.05, 3.63) is 59.2 Å². The molecule has 0 N–H and O–H groups in total. The number of nitrogens with zero attached hydrogens (tertiary/aromatic N) is 2. The molecule has 130 valence electrons. The Morgan fingerprint density at radius 1 is 0.920 bits per heavy atom.